The molecule has 0 bridgehead atoms. The van der Waals surface area contributed by atoms with Gasteiger partial charge in [0.2, 0.25) is 5.91 Å². The van der Waals surface area contributed by atoms with Crippen LogP contribution in [0.25, 0.3) is 0 Å². The summed E-state index contributed by atoms with van der Waals surface area (Å²) in [6.07, 6.45) is 4.84. The van der Waals surface area contributed by atoms with Gasteiger partial charge in [-0.05, 0) is 128 Å². The summed E-state index contributed by atoms with van der Waals surface area (Å²) in [5, 5.41) is 0. The summed E-state index contributed by atoms with van der Waals surface area (Å²) in [5.41, 5.74) is 1.33. The number of benzene rings is 1. The van der Waals surface area contributed by atoms with E-state index in [4.69, 9.17) is 23.7 Å². The number of nitrogens with zero attached hydrogens (tertiary/aromatic N) is 5. The number of ketones is 2. The van der Waals surface area contributed by atoms with Gasteiger partial charge in [0.1, 0.15) is 40.6 Å². The molecule has 18 nitrogen and oxygen atoms in total. The molecule has 5 saturated heterocycles. The number of hydrogen-bond donors (Lipinski definition) is 0. The Morgan fingerprint density at radius 3 is 1.53 bits per heavy atom. The molecule has 0 aromatic heterocycles. The first-order valence-corrected chi connectivity index (χ1v) is 25.9. The lowest BCUT2D eigenvalue weighted by Gasteiger charge is -2.34. The number of Topliss-reactive ketones (excluding diaryl/α,β-unsaturated/α-hetero) is 2. The van der Waals surface area contributed by atoms with Gasteiger partial charge in [0.05, 0.1) is 0 Å². The lowest BCUT2D eigenvalue weighted by Crippen LogP contribution is -2.46. The molecule has 5 heterocycles. The van der Waals surface area contributed by atoms with Crippen LogP contribution >= 0.6 is 0 Å². The topological polar surface area (TPSA) is 199 Å². The van der Waals surface area contributed by atoms with Crippen molar-refractivity contribution in [2.24, 2.45) is 5.92 Å². The van der Waals surface area contributed by atoms with Gasteiger partial charge in [0, 0.05) is 90.0 Å². The summed E-state index contributed by atoms with van der Waals surface area (Å²) in [5.74, 6) is 0.272. The van der Waals surface area contributed by atoms with E-state index in [2.05, 4.69) is 13.2 Å². The summed E-state index contributed by atoms with van der Waals surface area (Å²) in [4.78, 5) is 99.7. The molecule has 6 amide bonds. The number of carbonyl (C=O) groups excluding carboxylic acids is 8. The van der Waals surface area contributed by atoms with Crippen molar-refractivity contribution in [1.29, 1.82) is 0 Å². The van der Waals surface area contributed by atoms with E-state index in [0.29, 0.717) is 71.6 Å². The zero-order valence-corrected chi connectivity index (χ0v) is 47.2. The number of rotatable bonds is 2. The van der Waals surface area contributed by atoms with Crippen LogP contribution in [0, 0.1) is 5.92 Å². The number of imide groups is 1. The van der Waals surface area contributed by atoms with E-state index in [1.165, 1.54) is 4.90 Å². The Hall–Kier alpha value is -5.94. The van der Waals surface area contributed by atoms with Gasteiger partial charge in [0.15, 0.2) is 0 Å². The minimum absolute atomic E-state index is 0. The van der Waals surface area contributed by atoms with Gasteiger partial charge >= 0.3 is 30.5 Å². The summed E-state index contributed by atoms with van der Waals surface area (Å²) in [7, 11) is 0. The van der Waals surface area contributed by atoms with Gasteiger partial charge in [-0.25, -0.2) is 28.9 Å². The molecule has 1 aromatic rings. The van der Waals surface area contributed by atoms with E-state index < -0.39 is 28.5 Å². The van der Waals surface area contributed by atoms with Gasteiger partial charge in [-0.15, -0.1) is 0 Å². The highest BCUT2D eigenvalue weighted by Gasteiger charge is 2.33. The molecule has 0 spiro atoms. The molecule has 0 unspecified atom stereocenters. The van der Waals surface area contributed by atoms with Crippen molar-refractivity contribution in [1.82, 2.24) is 24.5 Å². The van der Waals surface area contributed by atoms with E-state index in [0.717, 1.165) is 61.9 Å². The van der Waals surface area contributed by atoms with Crippen LogP contribution in [0.1, 0.15) is 168 Å². The minimum atomic E-state index is -0.533. The van der Waals surface area contributed by atoms with Crippen LogP contribution in [0.3, 0.4) is 0 Å². The fourth-order valence-electron chi connectivity index (χ4n) is 7.54. The highest BCUT2D eigenvalue weighted by atomic mass is 16.6. The smallest absolute Gasteiger partial charge is 0.417 e. The predicted octanol–water partition coefficient (Wildman–Crippen LogP) is 11.5. The number of amides is 6. The number of hydrogen-bond acceptors (Lipinski definition) is 13. The van der Waals surface area contributed by atoms with E-state index in [-0.39, 0.29) is 61.2 Å². The van der Waals surface area contributed by atoms with Crippen molar-refractivity contribution in [3.8, 4) is 0 Å². The molecule has 5 aliphatic rings. The Balaban J connectivity index is 0.000000468. The van der Waals surface area contributed by atoms with E-state index >= 15 is 0 Å². The first-order chi connectivity index (χ1) is 34.1. The molecule has 5 aliphatic heterocycles. The van der Waals surface area contributed by atoms with Crippen LogP contribution in [0.15, 0.2) is 54.6 Å². The second-order valence-electron chi connectivity index (χ2n) is 23.3. The quantitative estimate of drug-likeness (QED) is 0.200. The number of likely N-dealkylation sites (tertiary alicyclic amines) is 5. The van der Waals surface area contributed by atoms with Crippen LogP contribution in [-0.4, -0.2) is 153 Å². The maximum atomic E-state index is 11.7. The van der Waals surface area contributed by atoms with Crippen molar-refractivity contribution in [2.45, 2.75) is 197 Å². The van der Waals surface area contributed by atoms with Crippen molar-refractivity contribution in [2.75, 3.05) is 52.4 Å². The first kappa shape index (κ1) is 67.1. The maximum Gasteiger partial charge on any atom is 0.417 e. The van der Waals surface area contributed by atoms with Gasteiger partial charge in [-0.1, -0.05) is 69.0 Å². The fraction of sp³-hybridized carbons (Fsp3) is 0.684. The third-order valence-corrected chi connectivity index (χ3v) is 11.2. The summed E-state index contributed by atoms with van der Waals surface area (Å²) >= 11 is 0. The summed E-state index contributed by atoms with van der Waals surface area (Å²) < 4.78 is 26.1. The SMILES string of the molecule is C.C=C1CCCN(C(=O)OC(C)(C)C)C1.C=C1CCN(C(=O)OCc2ccccc2)C1.CC(C)(C)OC(=O)N1CCCCC1=O.C[C@@H]1CC(=O)CCN1C(=O)OC(C)(C)C.C[C@H]1CN(C(=O)OC(C)(C)C)CCC1=O. The molecule has 5 fully saturated rings. The Kier molecular flexibility index (Phi) is 27.3. The second kappa shape index (κ2) is 30.6. The highest BCUT2D eigenvalue weighted by Crippen LogP contribution is 2.21. The maximum absolute atomic E-state index is 11.7. The zero-order chi connectivity index (χ0) is 56.2. The molecular formula is C57H93N5O13. The van der Waals surface area contributed by atoms with Crippen molar-refractivity contribution in [3.05, 3.63) is 60.2 Å². The molecular weight excluding hydrogens is 963 g/mol. The molecule has 75 heavy (non-hydrogen) atoms. The van der Waals surface area contributed by atoms with Crippen LogP contribution in [-0.2, 0) is 44.7 Å². The fourth-order valence-corrected chi connectivity index (χ4v) is 7.54. The Morgan fingerprint density at radius 1 is 0.547 bits per heavy atom. The number of ether oxygens (including phenoxy) is 5. The Labute approximate surface area is 448 Å². The molecule has 2 atom stereocenters. The highest BCUT2D eigenvalue weighted by molar-refractivity contribution is 5.92. The summed E-state index contributed by atoms with van der Waals surface area (Å²) in [6, 6.07) is 9.64. The predicted molar refractivity (Wildman–Crippen MR) is 290 cm³/mol. The normalized spacial score (nSPS) is 19.2. The Morgan fingerprint density at radius 2 is 1.04 bits per heavy atom. The van der Waals surface area contributed by atoms with Crippen molar-refractivity contribution >= 4 is 47.9 Å². The standard InChI is InChI=1S/C13H15NO2.2C11H19NO3.C11H19NO2.C10H17NO3.CH4/c1-11-7-8-14(9-11)13(15)16-10-12-5-3-2-4-6-12;1-8-7-12(6-5-9(8)13)10(14)15-11(2,3)4;1-8-7-9(13)5-6-12(8)10(14)15-11(2,3)4;1-9-6-5-7-12(8-9)10(13)14-11(2,3)4;1-10(2,3)14-9(13)11-7-5-4-6-8(11)12;/h2-6H,1,7-10H2;2*8H,5-7H2,1-4H3;1,5-8H2,2-4H3;4-7H2,1-3H3;1H4/t;2*8-;;;/m.01.../s1. The molecule has 424 valence electrons. The average molecular weight is 1060 g/mol. The minimum Gasteiger partial charge on any atom is -0.445 e. The molecule has 0 N–H and O–H groups in total. The van der Waals surface area contributed by atoms with Gasteiger partial charge in [-0.3, -0.25) is 14.4 Å². The molecule has 1 aromatic carbocycles. The number of piperidine rings is 4. The lowest BCUT2D eigenvalue weighted by atomic mass is 9.99. The second-order valence-corrected chi connectivity index (χ2v) is 23.3. The largest absolute Gasteiger partial charge is 0.445 e. The molecule has 0 aliphatic carbocycles. The monoisotopic (exact) mass is 1060 g/mol. The van der Waals surface area contributed by atoms with Crippen molar-refractivity contribution in [3.63, 3.8) is 0 Å². The van der Waals surface area contributed by atoms with Crippen LogP contribution in [0.4, 0.5) is 24.0 Å². The van der Waals surface area contributed by atoms with Gasteiger partial charge < -0.3 is 43.3 Å². The van der Waals surface area contributed by atoms with E-state index in [1.807, 2.05) is 106 Å². The van der Waals surface area contributed by atoms with Crippen LogP contribution in [0.5, 0.6) is 0 Å². The molecule has 6 rings (SSSR count). The molecule has 18 heteroatoms. The van der Waals surface area contributed by atoms with Gasteiger partial charge in [-0.2, -0.15) is 0 Å². The van der Waals surface area contributed by atoms with Gasteiger partial charge in [0.25, 0.3) is 0 Å². The third kappa shape index (κ3) is 28.0. The zero-order valence-electron chi connectivity index (χ0n) is 47.2. The van der Waals surface area contributed by atoms with E-state index in [1.54, 1.807) is 40.4 Å². The molecule has 0 saturated carbocycles. The lowest BCUT2D eigenvalue weighted by molar-refractivity contribution is -0.132. The summed E-state index contributed by atoms with van der Waals surface area (Å²) in [6.45, 7) is 38.6. The third-order valence-electron chi connectivity index (χ3n) is 11.2. The van der Waals surface area contributed by atoms with Crippen LogP contribution < -0.4 is 0 Å². The molecule has 0 radical (unpaired) electrons. The average Bonchev–Trinajstić information content (AvgIpc) is 3.71. The number of carbonyl (C=O) groups is 8. The Bertz CT molecular complexity index is 2080. The van der Waals surface area contributed by atoms with E-state index in [9.17, 15) is 38.4 Å². The first-order valence-electron chi connectivity index (χ1n) is 25.9. The van der Waals surface area contributed by atoms with Crippen LogP contribution in [0.2, 0.25) is 0 Å². The van der Waals surface area contributed by atoms with Crippen molar-refractivity contribution < 1.29 is 62.0 Å².